The lowest BCUT2D eigenvalue weighted by atomic mass is 10.1. The minimum atomic E-state index is -0.151. The largest absolute Gasteiger partial charge is 0.367 e. The van der Waals surface area contributed by atoms with E-state index in [0.717, 1.165) is 12.2 Å². The van der Waals surface area contributed by atoms with Gasteiger partial charge in [-0.25, -0.2) is 9.97 Å². The van der Waals surface area contributed by atoms with E-state index in [1.807, 2.05) is 18.2 Å². The highest BCUT2D eigenvalue weighted by Crippen LogP contribution is 2.20. The second-order valence-corrected chi connectivity index (χ2v) is 6.61. The molecule has 1 aromatic carbocycles. The number of carbonyl (C=O) groups excluding carboxylic acids is 1. The molecule has 0 atom stereocenters. The highest BCUT2D eigenvalue weighted by Gasteiger charge is 2.14. The van der Waals surface area contributed by atoms with Gasteiger partial charge in [0.05, 0.1) is 0 Å². The van der Waals surface area contributed by atoms with Gasteiger partial charge >= 0.3 is 0 Å². The van der Waals surface area contributed by atoms with E-state index < -0.39 is 0 Å². The van der Waals surface area contributed by atoms with Crippen LogP contribution >= 0.6 is 0 Å². The van der Waals surface area contributed by atoms with Crippen molar-refractivity contribution in [2.75, 3.05) is 11.9 Å². The van der Waals surface area contributed by atoms with Crippen LogP contribution in [0.15, 0.2) is 42.7 Å². The van der Waals surface area contributed by atoms with Gasteiger partial charge in [0.1, 0.15) is 17.8 Å². The molecule has 1 aliphatic rings. The molecular formula is C20H26N4O. The average Bonchev–Trinajstić information content (AvgIpc) is 2.91. The van der Waals surface area contributed by atoms with E-state index in [1.165, 1.54) is 50.4 Å². The lowest BCUT2D eigenvalue weighted by Crippen LogP contribution is -2.27. The van der Waals surface area contributed by atoms with E-state index in [4.69, 9.17) is 0 Å². The molecule has 5 heteroatoms. The highest BCUT2D eigenvalue weighted by molar-refractivity contribution is 5.92. The fourth-order valence-corrected chi connectivity index (χ4v) is 3.25. The third-order valence-corrected chi connectivity index (χ3v) is 4.65. The van der Waals surface area contributed by atoms with E-state index in [1.54, 1.807) is 6.07 Å². The number of amides is 1. The molecule has 0 bridgehead atoms. The molecule has 0 radical (unpaired) electrons. The van der Waals surface area contributed by atoms with Crippen LogP contribution in [-0.2, 0) is 6.42 Å². The Labute approximate surface area is 149 Å². The minimum Gasteiger partial charge on any atom is -0.367 e. The molecule has 1 saturated carbocycles. The standard InChI is InChI=1S/C20H26N4O/c25-20(21-13-12-16-8-4-3-5-9-16)18-14-19(23-15-22-18)24-17-10-6-1-2-7-11-17/h3-5,8-9,14-15,17H,1-2,6-7,10-13H2,(H,21,25)(H,22,23,24). The quantitative estimate of drug-likeness (QED) is 0.790. The molecule has 0 saturated heterocycles. The van der Waals surface area contributed by atoms with Crippen LogP contribution in [0.25, 0.3) is 0 Å². The first-order valence-corrected chi connectivity index (χ1v) is 9.22. The Morgan fingerprint density at radius 3 is 2.56 bits per heavy atom. The first-order chi connectivity index (χ1) is 12.3. The second-order valence-electron chi connectivity index (χ2n) is 6.61. The number of anilines is 1. The van der Waals surface area contributed by atoms with Gasteiger partial charge in [0, 0.05) is 18.7 Å². The zero-order valence-corrected chi connectivity index (χ0v) is 14.6. The molecule has 1 amide bonds. The first kappa shape index (κ1) is 17.4. The molecule has 1 fully saturated rings. The zero-order chi connectivity index (χ0) is 17.3. The van der Waals surface area contributed by atoms with Gasteiger partial charge in [-0.05, 0) is 24.8 Å². The second kappa shape index (κ2) is 9.16. The van der Waals surface area contributed by atoms with Crippen LogP contribution < -0.4 is 10.6 Å². The van der Waals surface area contributed by atoms with Gasteiger partial charge in [0.25, 0.3) is 5.91 Å². The van der Waals surface area contributed by atoms with Crippen molar-refractivity contribution in [3.8, 4) is 0 Å². The lowest BCUT2D eigenvalue weighted by molar-refractivity contribution is 0.0949. The van der Waals surface area contributed by atoms with E-state index in [2.05, 4.69) is 32.7 Å². The van der Waals surface area contributed by atoms with Gasteiger partial charge in [0.15, 0.2) is 0 Å². The van der Waals surface area contributed by atoms with Crippen molar-refractivity contribution < 1.29 is 4.79 Å². The van der Waals surface area contributed by atoms with Crippen molar-refractivity contribution in [2.24, 2.45) is 0 Å². The lowest BCUT2D eigenvalue weighted by Gasteiger charge is -2.16. The Morgan fingerprint density at radius 1 is 1.04 bits per heavy atom. The monoisotopic (exact) mass is 338 g/mol. The van der Waals surface area contributed by atoms with Crippen molar-refractivity contribution in [2.45, 2.75) is 51.0 Å². The molecule has 0 unspecified atom stereocenters. The summed E-state index contributed by atoms with van der Waals surface area (Å²) in [6.07, 6.45) is 9.76. The molecule has 0 aliphatic heterocycles. The Kier molecular flexibility index (Phi) is 6.37. The average molecular weight is 338 g/mol. The van der Waals surface area contributed by atoms with Crippen molar-refractivity contribution in [1.29, 1.82) is 0 Å². The predicted octanol–water partition coefficient (Wildman–Crippen LogP) is 3.58. The third kappa shape index (κ3) is 5.55. The van der Waals surface area contributed by atoms with Gasteiger partial charge in [-0.2, -0.15) is 0 Å². The molecule has 132 valence electrons. The Balaban J connectivity index is 1.52. The van der Waals surface area contributed by atoms with Crippen LogP contribution in [-0.4, -0.2) is 28.5 Å². The van der Waals surface area contributed by atoms with Crippen molar-refractivity contribution in [1.82, 2.24) is 15.3 Å². The molecule has 2 aromatic rings. The van der Waals surface area contributed by atoms with Gasteiger partial charge in [-0.15, -0.1) is 0 Å². The third-order valence-electron chi connectivity index (χ3n) is 4.65. The van der Waals surface area contributed by atoms with Crippen molar-refractivity contribution in [3.05, 3.63) is 54.0 Å². The van der Waals surface area contributed by atoms with Crippen LogP contribution in [0.1, 0.15) is 54.6 Å². The van der Waals surface area contributed by atoms with E-state index >= 15 is 0 Å². The Morgan fingerprint density at radius 2 is 1.80 bits per heavy atom. The van der Waals surface area contributed by atoms with Crippen LogP contribution in [0.3, 0.4) is 0 Å². The van der Waals surface area contributed by atoms with Crippen LogP contribution in [0.5, 0.6) is 0 Å². The smallest absolute Gasteiger partial charge is 0.270 e. The van der Waals surface area contributed by atoms with Gasteiger partial charge in [-0.1, -0.05) is 56.0 Å². The Bertz CT molecular complexity index is 666. The van der Waals surface area contributed by atoms with Crippen LogP contribution in [0.2, 0.25) is 0 Å². The van der Waals surface area contributed by atoms with Crippen LogP contribution in [0, 0.1) is 0 Å². The molecule has 1 aromatic heterocycles. The summed E-state index contributed by atoms with van der Waals surface area (Å²) in [5.74, 6) is 0.595. The number of hydrogen-bond acceptors (Lipinski definition) is 4. The van der Waals surface area contributed by atoms with E-state index in [0.29, 0.717) is 18.3 Å². The number of aromatic nitrogens is 2. The van der Waals surface area contributed by atoms with E-state index in [9.17, 15) is 4.79 Å². The predicted molar refractivity (Wildman–Crippen MR) is 99.6 cm³/mol. The summed E-state index contributed by atoms with van der Waals surface area (Å²) in [5, 5.41) is 6.40. The number of rotatable bonds is 6. The molecule has 5 nitrogen and oxygen atoms in total. The Hall–Kier alpha value is -2.43. The summed E-state index contributed by atoms with van der Waals surface area (Å²) in [7, 11) is 0. The highest BCUT2D eigenvalue weighted by atomic mass is 16.1. The number of benzene rings is 1. The maximum Gasteiger partial charge on any atom is 0.270 e. The SMILES string of the molecule is O=C(NCCc1ccccc1)c1cc(NC2CCCCCC2)ncn1. The number of hydrogen-bond donors (Lipinski definition) is 2. The van der Waals surface area contributed by atoms with Gasteiger partial charge in [-0.3, -0.25) is 4.79 Å². The summed E-state index contributed by atoms with van der Waals surface area (Å²) >= 11 is 0. The maximum absolute atomic E-state index is 12.3. The van der Waals surface area contributed by atoms with Gasteiger partial charge in [0.2, 0.25) is 0 Å². The fourth-order valence-electron chi connectivity index (χ4n) is 3.25. The summed E-state index contributed by atoms with van der Waals surface area (Å²) in [6, 6.07) is 12.3. The molecule has 25 heavy (non-hydrogen) atoms. The maximum atomic E-state index is 12.3. The molecule has 1 aliphatic carbocycles. The van der Waals surface area contributed by atoms with Crippen LogP contribution in [0.4, 0.5) is 5.82 Å². The zero-order valence-electron chi connectivity index (χ0n) is 14.6. The summed E-state index contributed by atoms with van der Waals surface area (Å²) in [5.41, 5.74) is 1.63. The molecular weight excluding hydrogens is 312 g/mol. The fraction of sp³-hybridized carbons (Fsp3) is 0.450. The molecule has 3 rings (SSSR count). The van der Waals surface area contributed by atoms with Gasteiger partial charge < -0.3 is 10.6 Å². The molecule has 2 N–H and O–H groups in total. The van der Waals surface area contributed by atoms with Crippen molar-refractivity contribution in [3.63, 3.8) is 0 Å². The summed E-state index contributed by atoms with van der Waals surface area (Å²) < 4.78 is 0. The number of carbonyl (C=O) groups is 1. The topological polar surface area (TPSA) is 66.9 Å². The van der Waals surface area contributed by atoms with Crippen molar-refractivity contribution >= 4 is 11.7 Å². The number of nitrogens with one attached hydrogen (secondary N) is 2. The minimum absolute atomic E-state index is 0.151. The summed E-state index contributed by atoms with van der Waals surface area (Å²) in [6.45, 7) is 0.595. The normalized spacial score (nSPS) is 15.4. The number of nitrogens with zero attached hydrogens (tertiary/aromatic N) is 2. The molecule has 1 heterocycles. The summed E-state index contributed by atoms with van der Waals surface area (Å²) in [4.78, 5) is 20.7. The first-order valence-electron chi connectivity index (χ1n) is 9.22. The molecule has 0 spiro atoms. The van der Waals surface area contributed by atoms with E-state index in [-0.39, 0.29) is 5.91 Å².